The highest BCUT2D eigenvalue weighted by atomic mass is 16.3. The van der Waals surface area contributed by atoms with Crippen molar-refractivity contribution in [2.24, 2.45) is 0 Å². The van der Waals surface area contributed by atoms with Gasteiger partial charge in [0.2, 0.25) is 0 Å². The molecule has 0 radical (unpaired) electrons. The molecule has 34 heavy (non-hydrogen) atoms. The van der Waals surface area contributed by atoms with E-state index in [2.05, 4.69) is 28.5 Å². The molecule has 2 aromatic heterocycles. The molecule has 1 aliphatic rings. The first-order chi connectivity index (χ1) is 16.2. The van der Waals surface area contributed by atoms with E-state index in [4.69, 9.17) is 11.4 Å². The van der Waals surface area contributed by atoms with E-state index in [0.29, 0.717) is 22.5 Å². The minimum atomic E-state index is -1.01. The summed E-state index contributed by atoms with van der Waals surface area (Å²) in [5.41, 5.74) is 5.11. The molecule has 0 bridgehead atoms. The van der Waals surface area contributed by atoms with Gasteiger partial charge in [-0.2, -0.15) is 0 Å². The van der Waals surface area contributed by atoms with E-state index in [1.807, 2.05) is 49.5 Å². The number of aliphatic hydroxyl groups is 1. The van der Waals surface area contributed by atoms with Crippen molar-refractivity contribution >= 4 is 16.9 Å². The summed E-state index contributed by atoms with van der Waals surface area (Å²) in [6, 6.07) is 15.2. The molecule has 0 fully saturated rings. The molecule has 3 heterocycles. The second-order valence-corrected chi connectivity index (χ2v) is 9.19. The fourth-order valence-electron chi connectivity index (χ4n) is 4.69. The van der Waals surface area contributed by atoms with Gasteiger partial charge in [0.25, 0.3) is 5.91 Å². The van der Waals surface area contributed by atoms with Crippen molar-refractivity contribution in [2.75, 3.05) is 7.05 Å². The van der Waals surface area contributed by atoms with Gasteiger partial charge in [-0.15, -0.1) is 6.42 Å². The van der Waals surface area contributed by atoms with Crippen LogP contribution in [0.3, 0.4) is 0 Å². The van der Waals surface area contributed by atoms with Gasteiger partial charge in [0.05, 0.1) is 34.0 Å². The Morgan fingerprint density at radius 2 is 1.91 bits per heavy atom. The van der Waals surface area contributed by atoms with Crippen molar-refractivity contribution < 1.29 is 9.90 Å². The maximum atomic E-state index is 13.4. The predicted molar refractivity (Wildman–Crippen MR) is 133 cm³/mol. The summed E-state index contributed by atoms with van der Waals surface area (Å²) in [7, 11) is 1.82. The first-order valence-electron chi connectivity index (χ1n) is 11.3. The molecule has 2 aromatic carbocycles. The monoisotopic (exact) mass is 450 g/mol. The highest BCUT2D eigenvalue weighted by molar-refractivity contribution is 6.01. The fourth-order valence-corrected chi connectivity index (χ4v) is 4.69. The molecule has 1 aliphatic heterocycles. The number of carbonyl (C=O) groups excluding carboxylic acids is 1. The number of fused-ring (bicyclic) bond motifs is 5. The minimum absolute atomic E-state index is 0.0693. The average molecular weight is 451 g/mol. The van der Waals surface area contributed by atoms with Crippen molar-refractivity contribution in [1.82, 2.24) is 19.4 Å². The predicted octanol–water partition coefficient (Wildman–Crippen LogP) is 4.83. The van der Waals surface area contributed by atoms with Crippen LogP contribution in [0, 0.1) is 12.3 Å². The number of nitrogens with zero attached hydrogens (tertiary/aromatic N) is 4. The first-order valence-corrected chi connectivity index (χ1v) is 11.3. The second-order valence-electron chi connectivity index (χ2n) is 9.19. The zero-order chi connectivity index (χ0) is 24.2. The van der Waals surface area contributed by atoms with Gasteiger partial charge in [-0.1, -0.05) is 31.0 Å². The van der Waals surface area contributed by atoms with Crippen molar-refractivity contribution in [3.63, 3.8) is 0 Å². The number of rotatable bonds is 3. The van der Waals surface area contributed by atoms with Crippen LogP contribution in [0.4, 0.5) is 0 Å². The van der Waals surface area contributed by atoms with Crippen molar-refractivity contribution in [2.45, 2.75) is 38.8 Å². The van der Waals surface area contributed by atoms with Crippen LogP contribution in [-0.4, -0.2) is 37.5 Å². The summed E-state index contributed by atoms with van der Waals surface area (Å²) < 4.78 is 2.05. The van der Waals surface area contributed by atoms with Crippen LogP contribution in [0.2, 0.25) is 0 Å². The number of benzene rings is 2. The third kappa shape index (κ3) is 3.28. The van der Waals surface area contributed by atoms with Crippen molar-refractivity contribution in [1.29, 1.82) is 0 Å². The van der Waals surface area contributed by atoms with Gasteiger partial charge in [0, 0.05) is 24.4 Å². The number of aromatic nitrogens is 3. The molecule has 0 saturated carbocycles. The summed E-state index contributed by atoms with van der Waals surface area (Å²) >= 11 is 0. The first kappa shape index (κ1) is 21.9. The van der Waals surface area contributed by atoms with E-state index in [0.717, 1.165) is 34.4 Å². The molecule has 0 saturated heterocycles. The Hall–Kier alpha value is -3.95. The lowest BCUT2D eigenvalue weighted by atomic mass is 10.0. The third-order valence-corrected chi connectivity index (χ3v) is 6.52. The van der Waals surface area contributed by atoms with Gasteiger partial charge in [-0.3, -0.25) is 14.3 Å². The largest absolute Gasteiger partial charge is 0.384 e. The molecular weight excluding hydrogens is 424 g/mol. The normalized spacial score (nSPS) is 15.6. The van der Waals surface area contributed by atoms with Crippen LogP contribution in [-0.2, 0) is 5.60 Å². The summed E-state index contributed by atoms with van der Waals surface area (Å²) in [5.74, 6) is 3.48. The van der Waals surface area contributed by atoms with E-state index < -0.39 is 5.60 Å². The molecule has 1 amide bonds. The van der Waals surface area contributed by atoms with Crippen LogP contribution in [0.25, 0.3) is 27.8 Å². The quantitative estimate of drug-likeness (QED) is 0.454. The van der Waals surface area contributed by atoms with Crippen molar-refractivity contribution in [3.8, 4) is 29.2 Å². The van der Waals surface area contributed by atoms with E-state index in [1.54, 1.807) is 24.9 Å². The Kier molecular flexibility index (Phi) is 5.03. The average Bonchev–Trinajstić information content (AvgIpc) is 3.17. The lowest BCUT2D eigenvalue weighted by Gasteiger charge is -2.24. The Balaban J connectivity index is 1.78. The molecule has 4 aromatic rings. The SMILES string of the molecule is C#Cc1cccc2c1-n1c(nc3ccc(-c4ccc(C(C)(C)O)nc4)cc31)C(CC)N(C)C2=O. The fraction of sp³-hybridized carbons (Fsp3) is 0.250. The van der Waals surface area contributed by atoms with Crippen LogP contribution in [0.1, 0.15) is 60.7 Å². The van der Waals surface area contributed by atoms with E-state index in [9.17, 15) is 9.90 Å². The number of amides is 1. The zero-order valence-corrected chi connectivity index (χ0v) is 19.7. The lowest BCUT2D eigenvalue weighted by molar-refractivity contribution is 0.0723. The number of hydrogen-bond donors (Lipinski definition) is 1. The molecule has 0 aliphatic carbocycles. The maximum Gasteiger partial charge on any atom is 0.256 e. The number of imidazole rings is 1. The topological polar surface area (TPSA) is 71.2 Å². The Labute approximate surface area is 198 Å². The van der Waals surface area contributed by atoms with Gasteiger partial charge < -0.3 is 10.0 Å². The van der Waals surface area contributed by atoms with Gasteiger partial charge in [0.15, 0.2) is 0 Å². The minimum Gasteiger partial charge on any atom is -0.384 e. The summed E-state index contributed by atoms with van der Waals surface area (Å²) in [6.45, 7) is 5.48. The van der Waals surface area contributed by atoms with Gasteiger partial charge in [-0.25, -0.2) is 4.98 Å². The maximum absolute atomic E-state index is 13.4. The van der Waals surface area contributed by atoms with Crippen LogP contribution in [0.5, 0.6) is 0 Å². The number of hydrogen-bond acceptors (Lipinski definition) is 4. The molecule has 0 spiro atoms. The second kappa shape index (κ2) is 7.82. The molecule has 1 N–H and O–H groups in total. The standard InChI is InChI=1S/C28H26N4O2/c1-6-17-9-8-10-20-25(17)32-23-15-18(19-12-14-24(29-16-19)28(3,4)34)11-13-21(23)30-26(32)22(7-2)31(5)27(20)33/h1,8-16,22,34H,7H2,2-5H3. The molecule has 1 atom stereocenters. The van der Waals surface area contributed by atoms with E-state index in [1.165, 1.54) is 0 Å². The Morgan fingerprint density at radius 3 is 2.56 bits per heavy atom. The molecule has 5 rings (SSSR count). The molecular formula is C28H26N4O2. The third-order valence-electron chi connectivity index (χ3n) is 6.52. The molecule has 170 valence electrons. The number of terminal acetylenes is 1. The van der Waals surface area contributed by atoms with E-state index in [-0.39, 0.29) is 11.9 Å². The zero-order valence-electron chi connectivity index (χ0n) is 19.7. The number of pyridine rings is 1. The number of para-hydroxylation sites is 1. The highest BCUT2D eigenvalue weighted by Crippen LogP contribution is 2.38. The molecule has 6 nitrogen and oxygen atoms in total. The summed E-state index contributed by atoms with van der Waals surface area (Å²) in [5, 5.41) is 10.2. The molecule has 6 heteroatoms. The van der Waals surface area contributed by atoms with Crippen LogP contribution in [0.15, 0.2) is 54.7 Å². The van der Waals surface area contributed by atoms with Gasteiger partial charge >= 0.3 is 0 Å². The van der Waals surface area contributed by atoms with Gasteiger partial charge in [0.1, 0.15) is 11.4 Å². The molecule has 1 unspecified atom stereocenters. The van der Waals surface area contributed by atoms with Gasteiger partial charge in [-0.05, 0) is 56.2 Å². The number of carbonyl (C=O) groups is 1. The van der Waals surface area contributed by atoms with Crippen LogP contribution < -0.4 is 0 Å². The van der Waals surface area contributed by atoms with Crippen molar-refractivity contribution in [3.05, 3.63) is 77.4 Å². The summed E-state index contributed by atoms with van der Waals surface area (Å²) in [4.78, 5) is 24.5. The smallest absolute Gasteiger partial charge is 0.256 e. The van der Waals surface area contributed by atoms with Crippen LogP contribution >= 0.6 is 0 Å². The van der Waals surface area contributed by atoms with E-state index >= 15 is 0 Å². The Morgan fingerprint density at radius 1 is 1.15 bits per heavy atom. The highest BCUT2D eigenvalue weighted by Gasteiger charge is 2.34. The summed E-state index contributed by atoms with van der Waals surface area (Å²) in [6.07, 6.45) is 8.36. The lowest BCUT2D eigenvalue weighted by Crippen LogP contribution is -2.30. The Bertz CT molecular complexity index is 1470.